The summed E-state index contributed by atoms with van der Waals surface area (Å²) in [6, 6.07) is 8.23. The van der Waals surface area contributed by atoms with E-state index in [1.807, 2.05) is 12.1 Å². The molecule has 0 atom stereocenters. The van der Waals surface area contributed by atoms with E-state index in [2.05, 4.69) is 48.4 Å². The van der Waals surface area contributed by atoms with Crippen molar-refractivity contribution >= 4 is 18.3 Å². The van der Waals surface area contributed by atoms with Gasteiger partial charge in [0.25, 0.3) is 0 Å². The Hall–Kier alpha value is -1.30. The Morgan fingerprint density at radius 2 is 1.85 bits per heavy atom. The number of amides is 1. The number of nitrogens with one attached hydrogen (secondary N) is 2. The monoisotopic (exact) mass is 383 g/mol. The van der Waals surface area contributed by atoms with E-state index < -0.39 is 0 Å². The molecule has 6 heteroatoms. The molecule has 1 saturated heterocycles. The maximum Gasteiger partial charge on any atom is 0.220 e. The number of piperazine rings is 1. The maximum atomic E-state index is 11.9. The SMILES string of the molecule is CC(C)(C)c1ccc(OCCCC(=O)NCCN2CCNCC2)cc1.Cl. The van der Waals surface area contributed by atoms with Crippen LogP contribution in [0.2, 0.25) is 0 Å². The number of ether oxygens (including phenoxy) is 1. The first-order valence-electron chi connectivity index (χ1n) is 9.38. The van der Waals surface area contributed by atoms with E-state index in [1.54, 1.807) is 0 Å². The van der Waals surface area contributed by atoms with Crippen LogP contribution in [0.1, 0.15) is 39.2 Å². The molecule has 1 fully saturated rings. The second kappa shape index (κ2) is 11.4. The Morgan fingerprint density at radius 3 is 2.46 bits per heavy atom. The summed E-state index contributed by atoms with van der Waals surface area (Å²) in [6.07, 6.45) is 1.25. The van der Waals surface area contributed by atoms with Gasteiger partial charge < -0.3 is 15.4 Å². The minimum atomic E-state index is 0. The third-order valence-electron chi connectivity index (χ3n) is 4.50. The number of halogens is 1. The Morgan fingerprint density at radius 1 is 1.19 bits per heavy atom. The van der Waals surface area contributed by atoms with E-state index in [0.717, 1.165) is 51.4 Å². The molecule has 0 bridgehead atoms. The molecule has 1 aliphatic rings. The second-order valence-corrected chi connectivity index (χ2v) is 7.67. The molecule has 5 nitrogen and oxygen atoms in total. The van der Waals surface area contributed by atoms with Gasteiger partial charge in [-0.3, -0.25) is 9.69 Å². The lowest BCUT2D eigenvalue weighted by atomic mass is 9.87. The predicted molar refractivity (Wildman–Crippen MR) is 109 cm³/mol. The molecule has 2 N–H and O–H groups in total. The van der Waals surface area contributed by atoms with Crippen molar-refractivity contribution in [2.24, 2.45) is 0 Å². The summed E-state index contributed by atoms with van der Waals surface area (Å²) in [6.45, 7) is 13.1. The third kappa shape index (κ3) is 8.39. The van der Waals surface area contributed by atoms with Gasteiger partial charge in [0, 0.05) is 45.7 Å². The molecule has 2 rings (SSSR count). The van der Waals surface area contributed by atoms with Crippen LogP contribution in [-0.2, 0) is 10.2 Å². The third-order valence-corrected chi connectivity index (χ3v) is 4.50. The standard InChI is InChI=1S/C20H33N3O2.ClH/c1-20(2,3)17-6-8-18(9-7-17)25-16-4-5-19(24)22-12-15-23-13-10-21-11-14-23;/h6-9,21H,4-5,10-16H2,1-3H3,(H,22,24);1H. The van der Waals surface area contributed by atoms with Gasteiger partial charge >= 0.3 is 0 Å². The van der Waals surface area contributed by atoms with Crippen LogP contribution in [-0.4, -0.2) is 56.7 Å². The molecule has 1 amide bonds. The first-order valence-corrected chi connectivity index (χ1v) is 9.38. The zero-order valence-corrected chi connectivity index (χ0v) is 17.2. The van der Waals surface area contributed by atoms with Crippen LogP contribution in [0.25, 0.3) is 0 Å². The lowest BCUT2D eigenvalue weighted by molar-refractivity contribution is -0.121. The molecular formula is C20H34ClN3O2. The van der Waals surface area contributed by atoms with Crippen molar-refractivity contribution in [3.8, 4) is 5.75 Å². The lowest BCUT2D eigenvalue weighted by Crippen LogP contribution is -2.46. The summed E-state index contributed by atoms with van der Waals surface area (Å²) >= 11 is 0. The van der Waals surface area contributed by atoms with Gasteiger partial charge in [0.2, 0.25) is 5.91 Å². The van der Waals surface area contributed by atoms with Gasteiger partial charge in [-0.25, -0.2) is 0 Å². The van der Waals surface area contributed by atoms with Crippen molar-refractivity contribution in [3.05, 3.63) is 29.8 Å². The number of benzene rings is 1. The summed E-state index contributed by atoms with van der Waals surface area (Å²) in [5, 5.41) is 6.33. The zero-order valence-electron chi connectivity index (χ0n) is 16.3. The van der Waals surface area contributed by atoms with Crippen LogP contribution < -0.4 is 15.4 Å². The first kappa shape index (κ1) is 22.7. The van der Waals surface area contributed by atoms with Crippen LogP contribution in [0, 0.1) is 0 Å². The molecule has 1 aliphatic heterocycles. The van der Waals surface area contributed by atoms with Gasteiger partial charge in [0.05, 0.1) is 6.61 Å². The van der Waals surface area contributed by atoms with Gasteiger partial charge in [-0.2, -0.15) is 0 Å². The average Bonchev–Trinajstić information content (AvgIpc) is 2.59. The number of carbonyl (C=O) groups is 1. The van der Waals surface area contributed by atoms with Gasteiger partial charge in [0.15, 0.2) is 0 Å². The molecule has 0 radical (unpaired) electrons. The number of rotatable bonds is 8. The van der Waals surface area contributed by atoms with Crippen LogP contribution in [0.5, 0.6) is 5.75 Å². The summed E-state index contributed by atoms with van der Waals surface area (Å²) in [5.74, 6) is 0.980. The van der Waals surface area contributed by atoms with Crippen LogP contribution in [0.15, 0.2) is 24.3 Å². The highest BCUT2D eigenvalue weighted by Crippen LogP contribution is 2.24. The van der Waals surface area contributed by atoms with Crippen LogP contribution in [0.3, 0.4) is 0 Å². The average molecular weight is 384 g/mol. The molecule has 1 heterocycles. The van der Waals surface area contributed by atoms with E-state index in [1.165, 1.54) is 5.56 Å². The van der Waals surface area contributed by atoms with E-state index in [9.17, 15) is 4.79 Å². The van der Waals surface area contributed by atoms with Crippen molar-refractivity contribution in [2.75, 3.05) is 45.9 Å². The smallest absolute Gasteiger partial charge is 0.220 e. The molecule has 148 valence electrons. The normalized spacial score (nSPS) is 15.2. The summed E-state index contributed by atoms with van der Waals surface area (Å²) < 4.78 is 5.73. The van der Waals surface area contributed by atoms with Gasteiger partial charge in [-0.05, 0) is 29.5 Å². The Balaban J connectivity index is 0.00000338. The van der Waals surface area contributed by atoms with Crippen molar-refractivity contribution in [1.82, 2.24) is 15.5 Å². The van der Waals surface area contributed by atoms with E-state index in [0.29, 0.717) is 13.0 Å². The molecule has 0 aromatic heterocycles. The Bertz CT molecular complexity index is 523. The number of hydrogen-bond donors (Lipinski definition) is 2. The fourth-order valence-electron chi connectivity index (χ4n) is 2.85. The van der Waals surface area contributed by atoms with Crippen molar-refractivity contribution in [2.45, 2.75) is 39.0 Å². The van der Waals surface area contributed by atoms with Crippen molar-refractivity contribution in [3.63, 3.8) is 0 Å². The Labute approximate surface area is 164 Å². The largest absolute Gasteiger partial charge is 0.494 e. The quantitative estimate of drug-likeness (QED) is 0.677. The minimum absolute atomic E-state index is 0. The zero-order chi connectivity index (χ0) is 18.1. The predicted octanol–water partition coefficient (Wildman–Crippen LogP) is 2.59. The number of carbonyl (C=O) groups excluding carboxylic acids is 1. The fraction of sp³-hybridized carbons (Fsp3) is 0.650. The summed E-state index contributed by atoms with van der Waals surface area (Å²) in [5.41, 5.74) is 1.45. The number of hydrogen-bond acceptors (Lipinski definition) is 4. The van der Waals surface area contributed by atoms with E-state index in [4.69, 9.17) is 4.74 Å². The highest BCUT2D eigenvalue weighted by atomic mass is 35.5. The van der Waals surface area contributed by atoms with Crippen molar-refractivity contribution < 1.29 is 9.53 Å². The van der Waals surface area contributed by atoms with Gasteiger partial charge in [-0.1, -0.05) is 32.9 Å². The topological polar surface area (TPSA) is 53.6 Å². The van der Waals surface area contributed by atoms with E-state index >= 15 is 0 Å². The molecular weight excluding hydrogens is 350 g/mol. The van der Waals surface area contributed by atoms with Crippen molar-refractivity contribution in [1.29, 1.82) is 0 Å². The Kier molecular flexibility index (Phi) is 9.99. The summed E-state index contributed by atoms with van der Waals surface area (Å²) in [4.78, 5) is 14.2. The molecule has 26 heavy (non-hydrogen) atoms. The number of nitrogens with zero attached hydrogens (tertiary/aromatic N) is 1. The molecule has 0 aliphatic carbocycles. The van der Waals surface area contributed by atoms with E-state index in [-0.39, 0.29) is 23.7 Å². The molecule has 1 aromatic carbocycles. The van der Waals surface area contributed by atoms with Crippen LogP contribution >= 0.6 is 12.4 Å². The van der Waals surface area contributed by atoms with Crippen LogP contribution in [0.4, 0.5) is 0 Å². The van der Waals surface area contributed by atoms with Gasteiger partial charge in [-0.15, -0.1) is 12.4 Å². The molecule has 0 saturated carbocycles. The highest BCUT2D eigenvalue weighted by molar-refractivity contribution is 5.85. The molecule has 1 aromatic rings. The fourth-order valence-corrected chi connectivity index (χ4v) is 2.85. The molecule has 0 spiro atoms. The first-order chi connectivity index (χ1) is 11.9. The lowest BCUT2D eigenvalue weighted by Gasteiger charge is -2.27. The summed E-state index contributed by atoms with van der Waals surface area (Å²) in [7, 11) is 0. The van der Waals surface area contributed by atoms with Gasteiger partial charge in [0.1, 0.15) is 5.75 Å². The highest BCUT2D eigenvalue weighted by Gasteiger charge is 2.13. The molecule has 0 unspecified atom stereocenters. The second-order valence-electron chi connectivity index (χ2n) is 7.67. The minimum Gasteiger partial charge on any atom is -0.494 e. The maximum absolute atomic E-state index is 11.9.